The van der Waals surface area contributed by atoms with Gasteiger partial charge in [-0.2, -0.15) is 4.98 Å². The van der Waals surface area contributed by atoms with E-state index in [1.54, 1.807) is 24.4 Å². The first kappa shape index (κ1) is 16.0. The van der Waals surface area contributed by atoms with Gasteiger partial charge in [-0.25, -0.2) is 9.78 Å². The van der Waals surface area contributed by atoms with Crippen molar-refractivity contribution in [3.8, 4) is 0 Å². The van der Waals surface area contributed by atoms with E-state index in [1.165, 1.54) is 11.3 Å². The van der Waals surface area contributed by atoms with Crippen LogP contribution in [-0.4, -0.2) is 22.5 Å². The Balaban J connectivity index is 2.13. The fourth-order valence-electron chi connectivity index (χ4n) is 2.06. The summed E-state index contributed by atoms with van der Waals surface area (Å²) in [6, 6.07) is 7.23. The van der Waals surface area contributed by atoms with Gasteiger partial charge < -0.3 is 10.1 Å². The fourth-order valence-corrected chi connectivity index (χ4v) is 3.36. The van der Waals surface area contributed by atoms with Gasteiger partial charge in [-0.1, -0.05) is 23.7 Å². The van der Waals surface area contributed by atoms with Crippen molar-refractivity contribution in [3.05, 3.63) is 45.5 Å². The van der Waals surface area contributed by atoms with Crippen molar-refractivity contribution in [3.63, 3.8) is 0 Å². The first-order chi connectivity index (χ1) is 11.1. The highest BCUT2D eigenvalue weighted by atomic mass is 35.5. The largest absolute Gasteiger partial charge is 0.462 e. The Morgan fingerprint density at radius 2 is 2.09 bits per heavy atom. The average Bonchev–Trinajstić information content (AvgIpc) is 2.93. The molecule has 3 rings (SSSR count). The van der Waals surface area contributed by atoms with Crippen LogP contribution in [0.2, 0.25) is 10.3 Å². The molecule has 0 unspecified atom stereocenters. The first-order valence-electron chi connectivity index (χ1n) is 6.73. The molecule has 0 fully saturated rings. The Bertz CT molecular complexity index is 882. The lowest BCUT2D eigenvalue weighted by Crippen LogP contribution is -2.05. The summed E-state index contributed by atoms with van der Waals surface area (Å²) in [5.41, 5.74) is 1.06. The van der Waals surface area contributed by atoms with Gasteiger partial charge in [-0.15, -0.1) is 11.3 Å². The number of hydrogen-bond donors (Lipinski definition) is 1. The van der Waals surface area contributed by atoms with Crippen molar-refractivity contribution >= 4 is 62.2 Å². The molecule has 8 heteroatoms. The molecule has 1 N–H and O–H groups in total. The van der Waals surface area contributed by atoms with Gasteiger partial charge in [-0.05, 0) is 30.7 Å². The highest BCUT2D eigenvalue weighted by Gasteiger charge is 2.20. The Morgan fingerprint density at radius 1 is 1.30 bits per heavy atom. The Labute approximate surface area is 146 Å². The molecule has 0 aliphatic carbocycles. The third-order valence-corrected chi connectivity index (χ3v) is 4.40. The highest BCUT2D eigenvalue weighted by molar-refractivity contribution is 7.17. The summed E-state index contributed by atoms with van der Waals surface area (Å²) in [6.07, 6.45) is 0. The van der Waals surface area contributed by atoms with Crippen LogP contribution >= 0.6 is 34.5 Å². The smallest absolute Gasteiger partial charge is 0.339 e. The zero-order chi connectivity index (χ0) is 16.4. The van der Waals surface area contributed by atoms with Gasteiger partial charge >= 0.3 is 5.97 Å². The Kier molecular flexibility index (Phi) is 4.66. The number of thiophene rings is 1. The lowest BCUT2D eigenvalue weighted by molar-refractivity contribution is 0.0529. The van der Waals surface area contributed by atoms with Gasteiger partial charge in [0.1, 0.15) is 10.6 Å². The second kappa shape index (κ2) is 6.70. The SMILES string of the molecule is CCOC(=O)c1csc2nc(Cl)nc(Nc3ccccc3Cl)c12. The van der Waals surface area contributed by atoms with Crippen LogP contribution in [-0.2, 0) is 4.74 Å². The topological polar surface area (TPSA) is 64.1 Å². The number of ether oxygens (including phenoxy) is 1. The van der Waals surface area contributed by atoms with E-state index in [2.05, 4.69) is 15.3 Å². The van der Waals surface area contributed by atoms with E-state index in [-0.39, 0.29) is 11.9 Å². The molecule has 3 aromatic rings. The summed E-state index contributed by atoms with van der Waals surface area (Å²) in [6.45, 7) is 2.04. The summed E-state index contributed by atoms with van der Waals surface area (Å²) in [5.74, 6) is -0.00992. The number of nitrogens with zero attached hydrogens (tertiary/aromatic N) is 2. The molecule has 118 valence electrons. The molecule has 0 saturated carbocycles. The van der Waals surface area contributed by atoms with Crippen LogP contribution in [0.25, 0.3) is 10.2 Å². The van der Waals surface area contributed by atoms with Gasteiger partial charge in [0, 0.05) is 5.38 Å². The molecule has 0 bridgehead atoms. The van der Waals surface area contributed by atoms with E-state index in [0.717, 1.165) is 0 Å². The number of esters is 1. The molecule has 0 amide bonds. The van der Waals surface area contributed by atoms with Crippen LogP contribution in [0.4, 0.5) is 11.5 Å². The second-order valence-corrected chi connectivity index (χ2v) is 6.10. The van der Waals surface area contributed by atoms with Crippen molar-refractivity contribution < 1.29 is 9.53 Å². The van der Waals surface area contributed by atoms with Crippen LogP contribution < -0.4 is 5.32 Å². The minimum Gasteiger partial charge on any atom is -0.462 e. The van der Waals surface area contributed by atoms with Crippen molar-refractivity contribution in [2.75, 3.05) is 11.9 Å². The molecular formula is C15H11Cl2N3O2S. The zero-order valence-corrected chi connectivity index (χ0v) is 14.3. The third-order valence-electron chi connectivity index (χ3n) is 3.03. The van der Waals surface area contributed by atoms with Crippen molar-refractivity contribution in [1.29, 1.82) is 0 Å². The van der Waals surface area contributed by atoms with Crippen molar-refractivity contribution in [2.24, 2.45) is 0 Å². The maximum absolute atomic E-state index is 12.1. The lowest BCUT2D eigenvalue weighted by Gasteiger charge is -2.10. The minimum absolute atomic E-state index is 0.0873. The molecular weight excluding hydrogens is 357 g/mol. The van der Waals surface area contributed by atoms with E-state index >= 15 is 0 Å². The fraction of sp³-hybridized carbons (Fsp3) is 0.133. The number of anilines is 2. The van der Waals surface area contributed by atoms with Gasteiger partial charge in [-0.3, -0.25) is 0 Å². The predicted octanol–water partition coefficient (Wildman–Crippen LogP) is 4.92. The Morgan fingerprint density at radius 3 is 2.83 bits per heavy atom. The van der Waals surface area contributed by atoms with Gasteiger partial charge in [0.2, 0.25) is 5.28 Å². The molecule has 1 aromatic carbocycles. The quantitative estimate of drug-likeness (QED) is 0.523. The third kappa shape index (κ3) is 3.24. The van der Waals surface area contributed by atoms with E-state index in [1.807, 2.05) is 12.1 Å². The lowest BCUT2D eigenvalue weighted by atomic mass is 10.2. The summed E-state index contributed by atoms with van der Waals surface area (Å²) in [4.78, 5) is 21.1. The number of aromatic nitrogens is 2. The van der Waals surface area contributed by atoms with Crippen molar-refractivity contribution in [1.82, 2.24) is 9.97 Å². The number of carbonyl (C=O) groups excluding carboxylic acids is 1. The highest BCUT2D eigenvalue weighted by Crippen LogP contribution is 2.34. The van der Waals surface area contributed by atoms with Crippen LogP contribution in [0.3, 0.4) is 0 Å². The summed E-state index contributed by atoms with van der Waals surface area (Å²) < 4.78 is 5.08. The normalized spacial score (nSPS) is 10.7. The van der Waals surface area contributed by atoms with E-state index in [4.69, 9.17) is 27.9 Å². The minimum atomic E-state index is -0.424. The molecule has 0 aliphatic rings. The maximum Gasteiger partial charge on any atom is 0.339 e. The number of carbonyl (C=O) groups is 1. The maximum atomic E-state index is 12.1. The summed E-state index contributed by atoms with van der Waals surface area (Å²) in [5, 5.41) is 5.98. The number of hydrogen-bond acceptors (Lipinski definition) is 6. The molecule has 0 spiro atoms. The average molecular weight is 368 g/mol. The molecule has 2 aromatic heterocycles. The van der Waals surface area contributed by atoms with Crippen LogP contribution in [0.1, 0.15) is 17.3 Å². The molecule has 23 heavy (non-hydrogen) atoms. The molecule has 0 aliphatic heterocycles. The molecule has 5 nitrogen and oxygen atoms in total. The standard InChI is InChI=1S/C15H11Cl2N3O2S/c1-2-22-14(21)8-7-23-13-11(8)12(19-15(17)20-13)18-10-6-4-3-5-9(10)16/h3-7H,2H2,1H3,(H,18,19,20). The summed E-state index contributed by atoms with van der Waals surface area (Å²) >= 11 is 13.4. The number of halogens is 2. The van der Waals surface area contributed by atoms with E-state index in [0.29, 0.717) is 32.3 Å². The number of fused-ring (bicyclic) bond motifs is 1. The van der Waals surface area contributed by atoms with E-state index < -0.39 is 5.97 Å². The summed E-state index contributed by atoms with van der Waals surface area (Å²) in [7, 11) is 0. The Hall–Kier alpha value is -1.89. The van der Waals surface area contributed by atoms with Crippen molar-refractivity contribution in [2.45, 2.75) is 6.92 Å². The predicted molar refractivity (Wildman–Crippen MR) is 93.1 cm³/mol. The number of benzene rings is 1. The molecule has 0 atom stereocenters. The first-order valence-corrected chi connectivity index (χ1v) is 8.37. The molecule has 2 heterocycles. The monoisotopic (exact) mass is 367 g/mol. The molecule has 0 saturated heterocycles. The van der Waals surface area contributed by atoms with Gasteiger partial charge in [0.05, 0.1) is 28.3 Å². The van der Waals surface area contributed by atoms with Crippen LogP contribution in [0.15, 0.2) is 29.6 Å². The van der Waals surface area contributed by atoms with Gasteiger partial charge in [0.25, 0.3) is 0 Å². The number of rotatable bonds is 4. The van der Waals surface area contributed by atoms with Crippen LogP contribution in [0, 0.1) is 0 Å². The number of nitrogens with one attached hydrogen (secondary N) is 1. The second-order valence-electron chi connectivity index (χ2n) is 4.50. The van der Waals surface area contributed by atoms with Crippen LogP contribution in [0.5, 0.6) is 0 Å². The van der Waals surface area contributed by atoms with E-state index in [9.17, 15) is 4.79 Å². The zero-order valence-electron chi connectivity index (χ0n) is 12.0. The number of para-hydroxylation sites is 1. The molecule has 0 radical (unpaired) electrons. The van der Waals surface area contributed by atoms with Gasteiger partial charge in [0.15, 0.2) is 0 Å².